The lowest BCUT2D eigenvalue weighted by Gasteiger charge is -2.35. The highest BCUT2D eigenvalue weighted by atomic mass is 35.5. The number of nitrogens with zero attached hydrogens (tertiary/aromatic N) is 2. The van der Waals surface area contributed by atoms with Crippen LogP contribution in [0.5, 0.6) is 0 Å². The van der Waals surface area contributed by atoms with Gasteiger partial charge >= 0.3 is 0 Å². The number of benzene rings is 3. The molecule has 35 heavy (non-hydrogen) atoms. The number of nitrogens with one attached hydrogen (secondary N) is 1. The molecular formula is C26H25ClFN3O3S. The van der Waals surface area contributed by atoms with E-state index in [4.69, 9.17) is 11.6 Å². The first-order valence-corrected chi connectivity index (χ1v) is 13.3. The summed E-state index contributed by atoms with van der Waals surface area (Å²) in [4.78, 5) is 14.9. The second-order valence-corrected chi connectivity index (χ2v) is 11.2. The highest BCUT2D eigenvalue weighted by Crippen LogP contribution is 2.41. The summed E-state index contributed by atoms with van der Waals surface area (Å²) in [5, 5.41) is 3.72. The van der Waals surface area contributed by atoms with Crippen LogP contribution in [-0.2, 0) is 10.0 Å². The Kier molecular flexibility index (Phi) is 6.53. The fraction of sp³-hybridized carbons (Fsp3) is 0.269. The highest BCUT2D eigenvalue weighted by molar-refractivity contribution is 7.93. The van der Waals surface area contributed by atoms with E-state index in [2.05, 4.69) is 10.2 Å². The fourth-order valence-corrected chi connectivity index (χ4v) is 6.56. The third-order valence-electron chi connectivity index (χ3n) is 6.62. The molecule has 1 saturated heterocycles. The molecule has 3 aromatic carbocycles. The normalized spacial score (nSPS) is 17.7. The van der Waals surface area contributed by atoms with Gasteiger partial charge in [-0.05, 0) is 86.4 Å². The van der Waals surface area contributed by atoms with Crippen LogP contribution in [0.25, 0.3) is 0 Å². The number of halogens is 2. The number of hydrogen-bond acceptors (Lipinski definition) is 5. The molecule has 0 aliphatic carbocycles. The van der Waals surface area contributed by atoms with E-state index in [1.807, 2.05) is 0 Å². The maximum absolute atomic E-state index is 13.7. The van der Waals surface area contributed by atoms with E-state index in [0.717, 1.165) is 12.8 Å². The average molecular weight is 514 g/mol. The van der Waals surface area contributed by atoms with Crippen LogP contribution in [0, 0.1) is 11.7 Å². The van der Waals surface area contributed by atoms with Crippen LogP contribution in [0.15, 0.2) is 71.6 Å². The lowest BCUT2D eigenvalue weighted by molar-refractivity contribution is 0.0898. The molecule has 2 heterocycles. The van der Waals surface area contributed by atoms with Crippen molar-refractivity contribution >= 4 is 44.5 Å². The highest BCUT2D eigenvalue weighted by Gasteiger charge is 2.35. The van der Waals surface area contributed by atoms with Crippen molar-refractivity contribution in [2.24, 2.45) is 5.92 Å². The number of carbonyl (C=O) groups excluding carboxylic acids is 1. The number of rotatable bonds is 5. The molecule has 0 unspecified atom stereocenters. The van der Waals surface area contributed by atoms with E-state index >= 15 is 0 Å². The van der Waals surface area contributed by atoms with Crippen molar-refractivity contribution in [3.8, 4) is 0 Å². The first kappa shape index (κ1) is 23.8. The zero-order chi connectivity index (χ0) is 24.6. The number of sulfonamides is 1. The molecule has 1 N–H and O–H groups in total. The predicted molar refractivity (Wildman–Crippen MR) is 136 cm³/mol. The van der Waals surface area contributed by atoms with Crippen molar-refractivity contribution in [2.45, 2.75) is 17.7 Å². The van der Waals surface area contributed by atoms with Crippen molar-refractivity contribution in [3.05, 3.63) is 83.1 Å². The van der Waals surface area contributed by atoms with Gasteiger partial charge in [-0.15, -0.1) is 0 Å². The van der Waals surface area contributed by atoms with Crippen molar-refractivity contribution in [1.29, 1.82) is 0 Å². The van der Waals surface area contributed by atoms with E-state index in [1.165, 1.54) is 28.6 Å². The van der Waals surface area contributed by atoms with Crippen LogP contribution in [0.1, 0.15) is 23.2 Å². The molecule has 0 aromatic heterocycles. The van der Waals surface area contributed by atoms with Crippen LogP contribution < -0.4 is 9.62 Å². The second-order valence-electron chi connectivity index (χ2n) is 8.97. The predicted octanol–water partition coefficient (Wildman–Crippen LogP) is 5.33. The number of hydrogen-bond donors (Lipinski definition) is 1. The Morgan fingerprint density at radius 2 is 1.71 bits per heavy atom. The standard InChI is InChI=1S/C26H25ClFN3O3S/c27-20-7-10-22-24(15-20)31(35(33,34)26-4-2-1-3-23(26)29-22)16-18-11-13-30(14-12-18)17-25(32)19-5-8-21(28)9-6-19/h1-10,15,18,29H,11-14,16-17H2. The van der Waals surface area contributed by atoms with Gasteiger partial charge in [0.2, 0.25) is 0 Å². The van der Waals surface area contributed by atoms with Gasteiger partial charge in [0.15, 0.2) is 5.78 Å². The molecule has 6 nitrogen and oxygen atoms in total. The molecule has 0 saturated carbocycles. The summed E-state index contributed by atoms with van der Waals surface area (Å²) in [5.74, 6) is -0.296. The third kappa shape index (κ3) is 4.91. The largest absolute Gasteiger partial charge is 0.353 e. The van der Waals surface area contributed by atoms with Gasteiger partial charge in [0.05, 0.1) is 23.6 Å². The van der Waals surface area contributed by atoms with Crippen LogP contribution in [0.3, 0.4) is 0 Å². The number of likely N-dealkylation sites (tertiary alicyclic amines) is 1. The molecule has 9 heteroatoms. The first-order chi connectivity index (χ1) is 16.8. The van der Waals surface area contributed by atoms with E-state index < -0.39 is 10.0 Å². The molecule has 5 rings (SSSR count). The van der Waals surface area contributed by atoms with Gasteiger partial charge in [-0.25, -0.2) is 12.8 Å². The Labute approximate surface area is 209 Å². The number of anilines is 3. The molecule has 0 bridgehead atoms. The van der Waals surface area contributed by atoms with Crippen molar-refractivity contribution in [1.82, 2.24) is 4.90 Å². The molecular weight excluding hydrogens is 489 g/mol. The summed E-state index contributed by atoms with van der Waals surface area (Å²) in [6.07, 6.45) is 1.52. The zero-order valence-corrected chi connectivity index (χ0v) is 20.5. The van der Waals surface area contributed by atoms with Gasteiger partial charge in [-0.2, -0.15) is 0 Å². The van der Waals surface area contributed by atoms with Crippen molar-refractivity contribution < 1.29 is 17.6 Å². The molecule has 182 valence electrons. The van der Waals surface area contributed by atoms with E-state index in [9.17, 15) is 17.6 Å². The molecule has 0 amide bonds. The van der Waals surface area contributed by atoms with E-state index in [0.29, 0.717) is 47.3 Å². The minimum atomic E-state index is -3.81. The lowest BCUT2D eigenvalue weighted by Crippen LogP contribution is -2.42. The summed E-state index contributed by atoms with van der Waals surface area (Å²) in [6, 6.07) is 17.7. The molecule has 1 fully saturated rings. The Balaban J connectivity index is 1.32. The van der Waals surface area contributed by atoms with Gasteiger partial charge in [0.25, 0.3) is 10.0 Å². The van der Waals surface area contributed by atoms with Gasteiger partial charge in [-0.3, -0.25) is 14.0 Å². The molecule has 0 atom stereocenters. The lowest BCUT2D eigenvalue weighted by atomic mass is 9.96. The maximum Gasteiger partial charge on any atom is 0.266 e. The minimum Gasteiger partial charge on any atom is -0.353 e. The first-order valence-electron chi connectivity index (χ1n) is 11.5. The van der Waals surface area contributed by atoms with Gasteiger partial charge in [-0.1, -0.05) is 23.7 Å². The number of carbonyl (C=O) groups is 1. The monoisotopic (exact) mass is 513 g/mol. The SMILES string of the molecule is O=C(CN1CCC(CN2c3cc(Cl)ccc3Nc3ccccc3S2(=O)=O)CC1)c1ccc(F)cc1. The molecule has 0 spiro atoms. The van der Waals surface area contributed by atoms with Crippen molar-refractivity contribution in [2.75, 3.05) is 35.8 Å². The van der Waals surface area contributed by atoms with Crippen molar-refractivity contribution in [3.63, 3.8) is 0 Å². The molecule has 3 aromatic rings. The summed E-state index contributed by atoms with van der Waals surface area (Å²) in [5.41, 5.74) is 2.24. The van der Waals surface area contributed by atoms with E-state index in [1.54, 1.807) is 42.5 Å². The molecule has 2 aliphatic heterocycles. The zero-order valence-electron chi connectivity index (χ0n) is 19.0. The topological polar surface area (TPSA) is 69.7 Å². The van der Waals surface area contributed by atoms with Crippen LogP contribution in [-0.4, -0.2) is 45.3 Å². The van der Waals surface area contributed by atoms with Gasteiger partial charge < -0.3 is 5.32 Å². The summed E-state index contributed by atoms with van der Waals surface area (Å²) in [6.45, 7) is 1.95. The maximum atomic E-state index is 13.7. The number of piperidine rings is 1. The van der Waals surface area contributed by atoms with Crippen LogP contribution >= 0.6 is 11.6 Å². The molecule has 0 radical (unpaired) electrons. The Morgan fingerprint density at radius 3 is 2.46 bits per heavy atom. The number of para-hydroxylation sites is 1. The number of Topliss-reactive ketones (excluding diaryl/α,β-unsaturated/α-hetero) is 1. The number of fused-ring (bicyclic) bond motifs is 2. The Hall–Kier alpha value is -2.94. The minimum absolute atomic E-state index is 0.0511. The third-order valence-corrected chi connectivity index (χ3v) is 8.69. The van der Waals surface area contributed by atoms with Crippen LogP contribution in [0.4, 0.5) is 21.5 Å². The van der Waals surface area contributed by atoms with E-state index in [-0.39, 0.29) is 29.0 Å². The van der Waals surface area contributed by atoms with Gasteiger partial charge in [0, 0.05) is 17.1 Å². The molecule has 2 aliphatic rings. The fourth-order valence-electron chi connectivity index (χ4n) is 4.69. The smallest absolute Gasteiger partial charge is 0.266 e. The average Bonchev–Trinajstić information content (AvgIpc) is 2.93. The van der Waals surface area contributed by atoms with Gasteiger partial charge in [0.1, 0.15) is 10.7 Å². The Bertz CT molecular complexity index is 1360. The summed E-state index contributed by atoms with van der Waals surface area (Å²) >= 11 is 6.26. The number of ketones is 1. The van der Waals surface area contributed by atoms with Crippen LogP contribution in [0.2, 0.25) is 5.02 Å². The summed E-state index contributed by atoms with van der Waals surface area (Å²) < 4.78 is 42.1. The Morgan fingerprint density at radius 1 is 1.00 bits per heavy atom. The summed E-state index contributed by atoms with van der Waals surface area (Å²) in [7, 11) is -3.81. The quantitative estimate of drug-likeness (QED) is 0.467. The second kappa shape index (κ2) is 9.60.